The normalized spacial score (nSPS) is 11.2. The quantitative estimate of drug-likeness (QED) is 0.670. The first kappa shape index (κ1) is 13.3. The molecule has 20 heavy (non-hydrogen) atoms. The fraction of sp³-hybridized carbons (Fsp3) is 0.188. The van der Waals surface area contributed by atoms with E-state index in [0.29, 0.717) is 6.54 Å². The van der Waals surface area contributed by atoms with Crippen molar-refractivity contribution >= 4 is 27.0 Å². The van der Waals surface area contributed by atoms with E-state index in [1.54, 1.807) is 6.07 Å². The summed E-state index contributed by atoms with van der Waals surface area (Å²) in [6, 6.07) is 9.16. The Hall–Kier alpha value is -1.68. The Morgan fingerprint density at radius 3 is 2.60 bits per heavy atom. The molecule has 0 spiro atoms. The van der Waals surface area contributed by atoms with Gasteiger partial charge in [-0.1, -0.05) is 15.9 Å². The molecule has 2 nitrogen and oxygen atoms in total. The highest BCUT2D eigenvalue weighted by Gasteiger charge is 2.07. The Bertz CT molecular complexity index is 772. The number of imidazole rings is 1. The molecule has 0 N–H and O–H groups in total. The van der Waals surface area contributed by atoms with Crippen LogP contribution in [0.5, 0.6) is 0 Å². The third-order valence-electron chi connectivity index (χ3n) is 3.51. The van der Waals surface area contributed by atoms with Crippen molar-refractivity contribution in [2.75, 3.05) is 0 Å². The summed E-state index contributed by atoms with van der Waals surface area (Å²) in [7, 11) is 0. The molecule has 1 heterocycles. The number of aryl methyl sites for hydroxylation is 2. The predicted octanol–water partition coefficient (Wildman–Crippen LogP) is 4.60. The van der Waals surface area contributed by atoms with E-state index < -0.39 is 0 Å². The lowest BCUT2D eigenvalue weighted by atomic mass is 10.1. The van der Waals surface area contributed by atoms with Crippen molar-refractivity contribution in [3.8, 4) is 0 Å². The Morgan fingerprint density at radius 2 is 1.85 bits per heavy atom. The van der Waals surface area contributed by atoms with Gasteiger partial charge in [-0.3, -0.25) is 0 Å². The molecule has 3 aromatic rings. The number of rotatable bonds is 2. The van der Waals surface area contributed by atoms with Gasteiger partial charge in [-0.15, -0.1) is 0 Å². The molecular weight excluding hydrogens is 319 g/mol. The minimum absolute atomic E-state index is 0.231. The Balaban J connectivity index is 2.04. The van der Waals surface area contributed by atoms with E-state index >= 15 is 0 Å². The molecule has 2 aromatic carbocycles. The predicted molar refractivity (Wildman–Crippen MR) is 82.4 cm³/mol. The summed E-state index contributed by atoms with van der Waals surface area (Å²) in [6.45, 7) is 4.78. The number of nitrogens with zero attached hydrogens (tertiary/aromatic N) is 2. The number of aromatic nitrogens is 2. The summed E-state index contributed by atoms with van der Waals surface area (Å²) < 4.78 is 16.2. The number of benzene rings is 2. The molecule has 0 saturated heterocycles. The molecule has 0 bridgehead atoms. The lowest BCUT2D eigenvalue weighted by molar-refractivity contribution is 0.623. The van der Waals surface area contributed by atoms with Gasteiger partial charge < -0.3 is 4.57 Å². The fourth-order valence-electron chi connectivity index (χ4n) is 2.34. The van der Waals surface area contributed by atoms with E-state index in [0.717, 1.165) is 21.1 Å². The van der Waals surface area contributed by atoms with Crippen molar-refractivity contribution in [1.82, 2.24) is 9.55 Å². The second-order valence-electron chi connectivity index (χ2n) is 5.08. The zero-order chi connectivity index (χ0) is 14.3. The average Bonchev–Trinajstić information content (AvgIpc) is 2.71. The van der Waals surface area contributed by atoms with E-state index in [-0.39, 0.29) is 5.82 Å². The molecule has 0 fully saturated rings. The van der Waals surface area contributed by atoms with Gasteiger partial charge in [-0.05, 0) is 60.9 Å². The first-order valence-electron chi connectivity index (χ1n) is 6.40. The second kappa shape index (κ2) is 5.02. The zero-order valence-electron chi connectivity index (χ0n) is 11.3. The number of hydrogen-bond donors (Lipinski definition) is 0. The number of halogens is 2. The molecule has 0 amide bonds. The van der Waals surface area contributed by atoms with Crippen LogP contribution in [0.4, 0.5) is 4.39 Å². The van der Waals surface area contributed by atoms with Gasteiger partial charge in [0.1, 0.15) is 5.82 Å². The molecule has 0 aliphatic heterocycles. The van der Waals surface area contributed by atoms with Crippen molar-refractivity contribution in [2.24, 2.45) is 0 Å². The monoisotopic (exact) mass is 332 g/mol. The molecular formula is C16H14BrFN2. The summed E-state index contributed by atoms with van der Waals surface area (Å²) in [6.07, 6.45) is 1.81. The number of fused-ring (bicyclic) bond motifs is 1. The molecule has 0 aliphatic carbocycles. The smallest absolute Gasteiger partial charge is 0.124 e. The molecule has 0 atom stereocenters. The SMILES string of the molecule is Cc1cc2ncn(Cc3cc(F)cc(Br)c3)c2cc1C. The van der Waals surface area contributed by atoms with Crippen LogP contribution in [0, 0.1) is 19.7 Å². The summed E-state index contributed by atoms with van der Waals surface area (Å²) in [5, 5.41) is 0. The zero-order valence-corrected chi connectivity index (χ0v) is 12.9. The highest BCUT2D eigenvalue weighted by Crippen LogP contribution is 2.21. The largest absolute Gasteiger partial charge is 0.326 e. The summed E-state index contributed by atoms with van der Waals surface area (Å²) in [5.74, 6) is -0.231. The third kappa shape index (κ3) is 2.48. The first-order chi connectivity index (χ1) is 9.52. The molecule has 0 unspecified atom stereocenters. The minimum Gasteiger partial charge on any atom is -0.326 e. The van der Waals surface area contributed by atoms with E-state index in [1.165, 1.54) is 17.2 Å². The topological polar surface area (TPSA) is 17.8 Å². The summed E-state index contributed by atoms with van der Waals surface area (Å²) in [4.78, 5) is 4.42. The standard InChI is InChI=1S/C16H14BrFN2/c1-10-3-15-16(4-11(10)2)20(9-19-15)8-12-5-13(17)7-14(18)6-12/h3-7,9H,8H2,1-2H3. The van der Waals surface area contributed by atoms with Gasteiger partial charge in [-0.25, -0.2) is 9.37 Å². The first-order valence-corrected chi connectivity index (χ1v) is 7.19. The van der Waals surface area contributed by atoms with E-state index in [9.17, 15) is 4.39 Å². The maximum absolute atomic E-state index is 13.4. The van der Waals surface area contributed by atoms with Crippen LogP contribution in [-0.2, 0) is 6.54 Å². The third-order valence-corrected chi connectivity index (χ3v) is 3.97. The van der Waals surface area contributed by atoms with Gasteiger partial charge in [0, 0.05) is 11.0 Å². The van der Waals surface area contributed by atoms with Crippen molar-refractivity contribution < 1.29 is 4.39 Å². The molecule has 0 aliphatic rings. The van der Waals surface area contributed by atoms with Crippen LogP contribution in [0.2, 0.25) is 0 Å². The van der Waals surface area contributed by atoms with Crippen LogP contribution in [0.1, 0.15) is 16.7 Å². The fourth-order valence-corrected chi connectivity index (χ4v) is 2.85. The lowest BCUT2D eigenvalue weighted by Crippen LogP contribution is -1.99. The van der Waals surface area contributed by atoms with E-state index in [4.69, 9.17) is 0 Å². The molecule has 4 heteroatoms. The van der Waals surface area contributed by atoms with Crippen LogP contribution in [0.15, 0.2) is 41.1 Å². The molecule has 0 radical (unpaired) electrons. The second-order valence-corrected chi connectivity index (χ2v) is 5.99. The van der Waals surface area contributed by atoms with Gasteiger partial charge >= 0.3 is 0 Å². The summed E-state index contributed by atoms with van der Waals surface area (Å²) >= 11 is 3.32. The summed E-state index contributed by atoms with van der Waals surface area (Å²) in [5.41, 5.74) is 5.43. The van der Waals surface area contributed by atoms with Crippen LogP contribution in [0.25, 0.3) is 11.0 Å². The molecule has 102 valence electrons. The van der Waals surface area contributed by atoms with Gasteiger partial charge in [0.2, 0.25) is 0 Å². The van der Waals surface area contributed by atoms with Crippen LogP contribution >= 0.6 is 15.9 Å². The number of hydrogen-bond acceptors (Lipinski definition) is 1. The Morgan fingerprint density at radius 1 is 1.10 bits per heavy atom. The average molecular weight is 333 g/mol. The van der Waals surface area contributed by atoms with Crippen molar-refractivity contribution in [2.45, 2.75) is 20.4 Å². The maximum atomic E-state index is 13.4. The molecule has 0 saturated carbocycles. The highest BCUT2D eigenvalue weighted by molar-refractivity contribution is 9.10. The van der Waals surface area contributed by atoms with Crippen molar-refractivity contribution in [3.05, 3.63) is 63.6 Å². The van der Waals surface area contributed by atoms with E-state index in [1.807, 2.05) is 17.0 Å². The van der Waals surface area contributed by atoms with Gasteiger partial charge in [0.05, 0.1) is 17.4 Å². The Labute approximate surface area is 125 Å². The van der Waals surface area contributed by atoms with E-state index in [2.05, 4.69) is 46.9 Å². The van der Waals surface area contributed by atoms with Crippen LogP contribution in [0.3, 0.4) is 0 Å². The molecule has 3 rings (SSSR count). The molecule has 1 aromatic heterocycles. The Kier molecular flexibility index (Phi) is 3.34. The minimum atomic E-state index is -0.231. The van der Waals surface area contributed by atoms with Gasteiger partial charge in [0.25, 0.3) is 0 Å². The van der Waals surface area contributed by atoms with Crippen LogP contribution in [-0.4, -0.2) is 9.55 Å². The van der Waals surface area contributed by atoms with Crippen LogP contribution < -0.4 is 0 Å². The van der Waals surface area contributed by atoms with Crippen molar-refractivity contribution in [3.63, 3.8) is 0 Å². The van der Waals surface area contributed by atoms with Gasteiger partial charge in [0.15, 0.2) is 0 Å². The highest BCUT2D eigenvalue weighted by atomic mass is 79.9. The van der Waals surface area contributed by atoms with Crippen molar-refractivity contribution in [1.29, 1.82) is 0 Å². The van der Waals surface area contributed by atoms with Gasteiger partial charge in [-0.2, -0.15) is 0 Å². The maximum Gasteiger partial charge on any atom is 0.124 e. The lowest BCUT2D eigenvalue weighted by Gasteiger charge is -2.07.